The van der Waals surface area contributed by atoms with Crippen molar-refractivity contribution >= 4 is 17.6 Å². The minimum Gasteiger partial charge on any atom is -0.444 e. The quantitative estimate of drug-likeness (QED) is 0.405. The number of aromatic nitrogens is 1. The van der Waals surface area contributed by atoms with E-state index in [-0.39, 0.29) is 13.1 Å². The largest absolute Gasteiger partial charge is 0.444 e. The Morgan fingerprint density at radius 2 is 1.93 bits per heavy atom. The van der Waals surface area contributed by atoms with Crippen molar-refractivity contribution in [3.05, 3.63) is 46.9 Å². The Morgan fingerprint density at radius 3 is 2.56 bits per heavy atom. The molecule has 1 heterocycles. The maximum absolute atomic E-state index is 13.6. The molecular formula is C17H20F3N5O2. The van der Waals surface area contributed by atoms with Gasteiger partial charge in [0, 0.05) is 6.54 Å². The average molecular weight is 383 g/mol. The lowest BCUT2D eigenvalue weighted by molar-refractivity contribution is -0.114. The molecule has 0 spiro atoms. The average Bonchev–Trinajstić information content (AvgIpc) is 2.96. The van der Waals surface area contributed by atoms with Crippen molar-refractivity contribution in [3.63, 3.8) is 0 Å². The zero-order valence-electron chi connectivity index (χ0n) is 15.1. The fourth-order valence-corrected chi connectivity index (χ4v) is 2.08. The van der Waals surface area contributed by atoms with Crippen molar-refractivity contribution in [2.75, 3.05) is 18.4 Å². The molecular weight excluding hydrogens is 363 g/mol. The molecule has 27 heavy (non-hydrogen) atoms. The highest BCUT2D eigenvalue weighted by Gasteiger charge is 2.15. The lowest BCUT2D eigenvalue weighted by Gasteiger charge is -2.10. The second kappa shape index (κ2) is 9.06. The predicted molar refractivity (Wildman–Crippen MR) is 93.7 cm³/mol. The van der Waals surface area contributed by atoms with Crippen LogP contribution in [0.2, 0.25) is 0 Å². The molecule has 2 aromatic rings. The topological polar surface area (TPSA) is 91.5 Å². The molecule has 2 rings (SSSR count). The SMILES string of the molecule is CCNC(=NCC(=O)Nc1ccc(F)c(F)c1F)NCc1nc(C)c(C)o1. The number of carbonyl (C=O) groups excluding carboxylic acids is 1. The second-order valence-corrected chi connectivity index (χ2v) is 5.57. The van der Waals surface area contributed by atoms with Gasteiger partial charge in [0.25, 0.3) is 0 Å². The van der Waals surface area contributed by atoms with Crippen LogP contribution in [0.1, 0.15) is 24.3 Å². The van der Waals surface area contributed by atoms with Gasteiger partial charge in [-0.1, -0.05) is 0 Å². The third kappa shape index (κ3) is 5.47. The van der Waals surface area contributed by atoms with Crippen LogP contribution in [0.15, 0.2) is 21.5 Å². The number of hydrogen-bond acceptors (Lipinski definition) is 4. The number of oxazole rings is 1. The number of carbonyl (C=O) groups is 1. The number of amides is 1. The van der Waals surface area contributed by atoms with Crippen LogP contribution in [0.4, 0.5) is 18.9 Å². The van der Waals surface area contributed by atoms with Gasteiger partial charge in [0.15, 0.2) is 23.4 Å². The van der Waals surface area contributed by atoms with E-state index in [1.807, 2.05) is 13.8 Å². The molecule has 0 fully saturated rings. The van der Waals surface area contributed by atoms with E-state index < -0.39 is 29.0 Å². The van der Waals surface area contributed by atoms with Gasteiger partial charge in [-0.25, -0.2) is 23.1 Å². The zero-order valence-corrected chi connectivity index (χ0v) is 15.1. The Labute approximate surface area is 154 Å². The Hall–Kier alpha value is -3.04. The van der Waals surface area contributed by atoms with Crippen LogP contribution in [0.25, 0.3) is 0 Å². The molecule has 0 aliphatic rings. The smallest absolute Gasteiger partial charge is 0.246 e. The third-order valence-electron chi connectivity index (χ3n) is 3.51. The Balaban J connectivity index is 1.97. The van der Waals surface area contributed by atoms with E-state index in [9.17, 15) is 18.0 Å². The first-order chi connectivity index (χ1) is 12.8. The van der Waals surface area contributed by atoms with Crippen molar-refractivity contribution in [2.24, 2.45) is 4.99 Å². The Kier molecular flexibility index (Phi) is 6.80. The summed E-state index contributed by atoms with van der Waals surface area (Å²) in [6.07, 6.45) is 0. The summed E-state index contributed by atoms with van der Waals surface area (Å²) >= 11 is 0. The highest BCUT2D eigenvalue weighted by Crippen LogP contribution is 2.19. The summed E-state index contributed by atoms with van der Waals surface area (Å²) in [6, 6.07) is 1.66. The molecule has 1 amide bonds. The second-order valence-electron chi connectivity index (χ2n) is 5.57. The van der Waals surface area contributed by atoms with Crippen molar-refractivity contribution in [1.82, 2.24) is 15.6 Å². The minimum absolute atomic E-state index is 0.250. The summed E-state index contributed by atoms with van der Waals surface area (Å²) in [5, 5.41) is 8.02. The van der Waals surface area contributed by atoms with Crippen LogP contribution in [-0.4, -0.2) is 29.9 Å². The molecule has 0 saturated heterocycles. The fraction of sp³-hybridized carbons (Fsp3) is 0.353. The summed E-state index contributed by atoms with van der Waals surface area (Å²) in [5.74, 6) is -3.66. The van der Waals surface area contributed by atoms with Gasteiger partial charge in [-0.2, -0.15) is 0 Å². The predicted octanol–water partition coefficient (Wildman–Crippen LogP) is 2.40. The molecule has 0 bridgehead atoms. The summed E-state index contributed by atoms with van der Waals surface area (Å²) in [7, 11) is 0. The number of hydrogen-bond donors (Lipinski definition) is 3. The van der Waals surface area contributed by atoms with Gasteiger partial charge in [-0.3, -0.25) is 4.79 Å². The molecule has 0 radical (unpaired) electrons. The molecule has 0 saturated carbocycles. The van der Waals surface area contributed by atoms with Gasteiger partial charge in [0.05, 0.1) is 17.9 Å². The lowest BCUT2D eigenvalue weighted by atomic mass is 10.3. The maximum Gasteiger partial charge on any atom is 0.246 e. The number of nitrogens with one attached hydrogen (secondary N) is 3. The van der Waals surface area contributed by atoms with E-state index >= 15 is 0 Å². The summed E-state index contributed by atoms with van der Waals surface area (Å²) in [4.78, 5) is 20.2. The highest BCUT2D eigenvalue weighted by molar-refractivity contribution is 5.94. The van der Waals surface area contributed by atoms with Crippen molar-refractivity contribution in [3.8, 4) is 0 Å². The van der Waals surface area contributed by atoms with Crippen molar-refractivity contribution in [2.45, 2.75) is 27.3 Å². The molecule has 146 valence electrons. The van der Waals surface area contributed by atoms with Crippen LogP contribution < -0.4 is 16.0 Å². The molecule has 1 aromatic carbocycles. The third-order valence-corrected chi connectivity index (χ3v) is 3.51. The van der Waals surface area contributed by atoms with Gasteiger partial charge in [0.2, 0.25) is 11.8 Å². The van der Waals surface area contributed by atoms with E-state index in [2.05, 4.69) is 25.9 Å². The molecule has 7 nitrogen and oxygen atoms in total. The first-order valence-corrected chi connectivity index (χ1v) is 8.20. The standard InChI is InChI=1S/C17H20F3N5O2/c1-4-21-17(23-8-14-24-9(2)10(3)27-14)22-7-13(26)25-12-6-5-11(18)15(19)16(12)20/h5-6H,4,7-8H2,1-3H3,(H,25,26)(H2,21,22,23). The van der Waals surface area contributed by atoms with Crippen LogP contribution in [-0.2, 0) is 11.3 Å². The van der Waals surface area contributed by atoms with Crippen LogP contribution >= 0.6 is 0 Å². The number of nitrogens with zero attached hydrogens (tertiary/aromatic N) is 2. The highest BCUT2D eigenvalue weighted by atomic mass is 19.2. The van der Waals surface area contributed by atoms with E-state index in [0.717, 1.165) is 17.8 Å². The minimum atomic E-state index is -1.65. The first-order valence-electron chi connectivity index (χ1n) is 8.20. The normalized spacial score (nSPS) is 11.4. The molecule has 10 heteroatoms. The lowest BCUT2D eigenvalue weighted by Crippen LogP contribution is -2.37. The van der Waals surface area contributed by atoms with Crippen LogP contribution in [0.3, 0.4) is 0 Å². The summed E-state index contributed by atoms with van der Waals surface area (Å²) in [6.45, 7) is 5.88. The Bertz CT molecular complexity index is 832. The molecule has 1 aromatic heterocycles. The first kappa shape index (κ1) is 20.3. The maximum atomic E-state index is 13.6. The Morgan fingerprint density at radius 1 is 1.19 bits per heavy atom. The summed E-state index contributed by atoms with van der Waals surface area (Å²) < 4.78 is 45.1. The fourth-order valence-electron chi connectivity index (χ4n) is 2.08. The number of guanidine groups is 1. The molecule has 3 N–H and O–H groups in total. The molecule has 0 aliphatic carbocycles. The number of benzene rings is 1. The number of anilines is 1. The number of rotatable bonds is 6. The molecule has 0 unspecified atom stereocenters. The van der Waals surface area contributed by atoms with Crippen molar-refractivity contribution < 1.29 is 22.4 Å². The number of aliphatic imine (C=N–C) groups is 1. The summed E-state index contributed by atoms with van der Waals surface area (Å²) in [5.41, 5.74) is 0.319. The number of halogens is 3. The van der Waals surface area contributed by atoms with Crippen LogP contribution in [0.5, 0.6) is 0 Å². The molecule has 0 atom stereocenters. The van der Waals surface area contributed by atoms with Crippen LogP contribution in [0, 0.1) is 31.3 Å². The molecule has 0 aliphatic heterocycles. The van der Waals surface area contributed by atoms with Gasteiger partial charge >= 0.3 is 0 Å². The van der Waals surface area contributed by atoms with E-state index in [4.69, 9.17) is 4.42 Å². The van der Waals surface area contributed by atoms with Crippen molar-refractivity contribution in [1.29, 1.82) is 0 Å². The van der Waals surface area contributed by atoms with Gasteiger partial charge in [0.1, 0.15) is 12.3 Å². The number of aryl methyl sites for hydroxylation is 2. The van der Waals surface area contributed by atoms with E-state index in [1.165, 1.54) is 0 Å². The van der Waals surface area contributed by atoms with Gasteiger partial charge in [-0.05, 0) is 32.9 Å². The van der Waals surface area contributed by atoms with Gasteiger partial charge in [-0.15, -0.1) is 0 Å². The van der Waals surface area contributed by atoms with Gasteiger partial charge < -0.3 is 20.4 Å². The van der Waals surface area contributed by atoms with E-state index in [1.54, 1.807) is 6.92 Å². The zero-order chi connectivity index (χ0) is 20.0. The van der Waals surface area contributed by atoms with E-state index in [0.29, 0.717) is 24.2 Å². The monoisotopic (exact) mass is 383 g/mol.